The van der Waals surface area contributed by atoms with Gasteiger partial charge in [-0.1, -0.05) is 6.92 Å². The molecule has 1 saturated heterocycles. The van der Waals surface area contributed by atoms with Gasteiger partial charge in [0.2, 0.25) is 0 Å². The van der Waals surface area contributed by atoms with Crippen molar-refractivity contribution in [2.75, 3.05) is 26.2 Å². The molecule has 1 atom stereocenters. The predicted octanol–water partition coefficient (Wildman–Crippen LogP) is -0.0714. The van der Waals surface area contributed by atoms with Gasteiger partial charge in [-0.2, -0.15) is 9.40 Å². The molecule has 19 heavy (non-hydrogen) atoms. The van der Waals surface area contributed by atoms with E-state index in [2.05, 4.69) is 15.5 Å². The van der Waals surface area contributed by atoms with Crippen molar-refractivity contribution in [2.45, 2.75) is 31.5 Å². The lowest BCUT2D eigenvalue weighted by Crippen LogP contribution is -2.44. The van der Waals surface area contributed by atoms with Gasteiger partial charge in [0.05, 0.1) is 18.9 Å². The molecule has 2 rings (SSSR count). The Kier molecular flexibility index (Phi) is 4.56. The lowest BCUT2D eigenvalue weighted by molar-refractivity contribution is 0.0101. The third kappa shape index (κ3) is 3.14. The number of H-pyrrole nitrogens is 1. The zero-order valence-electron chi connectivity index (χ0n) is 11.2. The topological polar surface area (TPSA) is 87.3 Å². The van der Waals surface area contributed by atoms with Crippen LogP contribution in [0, 0.1) is 0 Å². The lowest BCUT2D eigenvalue weighted by Gasteiger charge is -2.30. The minimum Gasteiger partial charge on any atom is -0.376 e. The number of nitrogens with zero attached hydrogens (tertiary/aromatic N) is 2. The van der Waals surface area contributed by atoms with Crippen LogP contribution in [0.5, 0.6) is 0 Å². The van der Waals surface area contributed by atoms with E-state index in [4.69, 9.17) is 4.74 Å². The molecule has 0 radical (unpaired) electrons. The van der Waals surface area contributed by atoms with E-state index in [1.54, 1.807) is 6.20 Å². The van der Waals surface area contributed by atoms with Crippen LogP contribution in [0.25, 0.3) is 0 Å². The molecule has 1 aliphatic rings. The largest absolute Gasteiger partial charge is 0.376 e. The molecule has 0 saturated carbocycles. The molecule has 1 fully saturated rings. The number of ether oxygens (including phenoxy) is 1. The van der Waals surface area contributed by atoms with Crippen molar-refractivity contribution in [1.29, 1.82) is 0 Å². The van der Waals surface area contributed by atoms with E-state index in [0.717, 1.165) is 6.54 Å². The summed E-state index contributed by atoms with van der Waals surface area (Å²) in [6.45, 7) is 6.29. The molecule has 2 heterocycles. The van der Waals surface area contributed by atoms with Gasteiger partial charge in [0.15, 0.2) is 5.03 Å². The van der Waals surface area contributed by atoms with Gasteiger partial charge in [0.1, 0.15) is 0 Å². The highest BCUT2D eigenvalue weighted by Crippen LogP contribution is 2.20. The maximum absolute atomic E-state index is 12.5. The van der Waals surface area contributed by atoms with Crippen molar-refractivity contribution in [1.82, 2.24) is 19.8 Å². The standard InChI is InChI=1S/C11H20N4O3S/c1-3-12-6-10-7-13-14-11(10)19(16,17)15-4-5-18-9(2)8-15/h7,9,12H,3-6,8H2,1-2H3,(H,13,14). The van der Waals surface area contributed by atoms with E-state index >= 15 is 0 Å². The van der Waals surface area contributed by atoms with Crippen molar-refractivity contribution in [3.63, 3.8) is 0 Å². The van der Waals surface area contributed by atoms with Gasteiger partial charge in [0, 0.05) is 25.2 Å². The van der Waals surface area contributed by atoms with E-state index in [9.17, 15) is 8.42 Å². The average molecular weight is 288 g/mol. The molecule has 7 nitrogen and oxygen atoms in total. The van der Waals surface area contributed by atoms with Crippen LogP contribution in [0.15, 0.2) is 11.2 Å². The van der Waals surface area contributed by atoms with Gasteiger partial charge in [-0.3, -0.25) is 5.10 Å². The molecule has 108 valence electrons. The number of hydrogen-bond donors (Lipinski definition) is 2. The Morgan fingerprint density at radius 3 is 3.11 bits per heavy atom. The number of hydrogen-bond acceptors (Lipinski definition) is 5. The fourth-order valence-electron chi connectivity index (χ4n) is 2.04. The number of sulfonamides is 1. The number of aromatic amines is 1. The molecule has 1 aromatic heterocycles. The van der Waals surface area contributed by atoms with Crippen LogP contribution in [0.3, 0.4) is 0 Å². The van der Waals surface area contributed by atoms with Gasteiger partial charge in [0.25, 0.3) is 10.0 Å². The van der Waals surface area contributed by atoms with Crippen LogP contribution in [-0.2, 0) is 21.3 Å². The molecule has 1 aromatic rings. The molecule has 0 amide bonds. The van der Waals surface area contributed by atoms with Gasteiger partial charge in [-0.05, 0) is 13.5 Å². The highest BCUT2D eigenvalue weighted by atomic mass is 32.2. The van der Waals surface area contributed by atoms with Crippen LogP contribution in [-0.4, -0.2) is 55.3 Å². The Labute approximate surface area is 113 Å². The summed E-state index contributed by atoms with van der Waals surface area (Å²) >= 11 is 0. The van der Waals surface area contributed by atoms with Crippen LogP contribution < -0.4 is 5.32 Å². The van der Waals surface area contributed by atoms with Crippen molar-refractivity contribution < 1.29 is 13.2 Å². The first-order chi connectivity index (χ1) is 9.05. The summed E-state index contributed by atoms with van der Waals surface area (Å²) in [5.74, 6) is 0. The quantitative estimate of drug-likeness (QED) is 0.792. The zero-order valence-corrected chi connectivity index (χ0v) is 12.0. The highest BCUT2D eigenvalue weighted by Gasteiger charge is 2.31. The minimum atomic E-state index is -3.52. The summed E-state index contributed by atoms with van der Waals surface area (Å²) in [6.07, 6.45) is 1.48. The van der Waals surface area contributed by atoms with Gasteiger partial charge in [-0.15, -0.1) is 0 Å². The van der Waals surface area contributed by atoms with Crippen molar-refractivity contribution in [2.24, 2.45) is 0 Å². The normalized spacial score (nSPS) is 21.7. The van der Waals surface area contributed by atoms with E-state index in [0.29, 0.717) is 31.8 Å². The van der Waals surface area contributed by atoms with E-state index in [1.165, 1.54) is 4.31 Å². The maximum atomic E-state index is 12.5. The molecular formula is C11H20N4O3S. The first-order valence-corrected chi connectivity index (χ1v) is 7.84. The van der Waals surface area contributed by atoms with Gasteiger partial charge >= 0.3 is 0 Å². The summed E-state index contributed by atoms with van der Waals surface area (Å²) in [4.78, 5) is 0. The first-order valence-electron chi connectivity index (χ1n) is 6.40. The SMILES string of the molecule is CCNCc1cn[nH]c1S(=O)(=O)N1CCOC(C)C1. The highest BCUT2D eigenvalue weighted by molar-refractivity contribution is 7.89. The second kappa shape index (κ2) is 6.00. The van der Waals surface area contributed by atoms with Crippen LogP contribution >= 0.6 is 0 Å². The summed E-state index contributed by atoms with van der Waals surface area (Å²) in [7, 11) is -3.52. The molecule has 0 spiro atoms. The molecule has 8 heteroatoms. The second-order valence-electron chi connectivity index (χ2n) is 4.55. The number of morpholine rings is 1. The molecule has 0 bridgehead atoms. The summed E-state index contributed by atoms with van der Waals surface area (Å²) in [5.41, 5.74) is 0.668. The van der Waals surface area contributed by atoms with Crippen LogP contribution in [0.4, 0.5) is 0 Å². The first kappa shape index (κ1) is 14.4. The minimum absolute atomic E-state index is 0.0799. The molecule has 0 aliphatic carbocycles. The summed E-state index contributed by atoms with van der Waals surface area (Å²) in [6, 6.07) is 0. The zero-order chi connectivity index (χ0) is 13.9. The molecule has 2 N–H and O–H groups in total. The Bertz CT molecular complexity index is 514. The average Bonchev–Trinajstić information content (AvgIpc) is 2.85. The van der Waals surface area contributed by atoms with E-state index in [-0.39, 0.29) is 11.1 Å². The number of rotatable bonds is 5. The van der Waals surface area contributed by atoms with Crippen LogP contribution in [0.2, 0.25) is 0 Å². The second-order valence-corrected chi connectivity index (χ2v) is 6.42. The van der Waals surface area contributed by atoms with Crippen LogP contribution in [0.1, 0.15) is 19.4 Å². The lowest BCUT2D eigenvalue weighted by atomic mass is 10.3. The van der Waals surface area contributed by atoms with E-state index < -0.39 is 10.0 Å². The Morgan fingerprint density at radius 1 is 1.63 bits per heavy atom. The fraction of sp³-hybridized carbons (Fsp3) is 0.727. The third-order valence-corrected chi connectivity index (χ3v) is 4.93. The van der Waals surface area contributed by atoms with Crippen molar-refractivity contribution in [3.8, 4) is 0 Å². The molecule has 0 aromatic carbocycles. The van der Waals surface area contributed by atoms with Crippen molar-refractivity contribution in [3.05, 3.63) is 11.8 Å². The molecule has 1 unspecified atom stereocenters. The van der Waals surface area contributed by atoms with Gasteiger partial charge < -0.3 is 10.1 Å². The maximum Gasteiger partial charge on any atom is 0.260 e. The number of aromatic nitrogens is 2. The third-order valence-electron chi connectivity index (χ3n) is 3.05. The molecule has 1 aliphatic heterocycles. The monoisotopic (exact) mass is 288 g/mol. The summed E-state index contributed by atoms with van der Waals surface area (Å²) in [5, 5.41) is 9.75. The van der Waals surface area contributed by atoms with Gasteiger partial charge in [-0.25, -0.2) is 8.42 Å². The number of nitrogens with one attached hydrogen (secondary N) is 2. The fourth-order valence-corrected chi connectivity index (χ4v) is 3.65. The van der Waals surface area contributed by atoms with Crippen molar-refractivity contribution >= 4 is 10.0 Å². The summed E-state index contributed by atoms with van der Waals surface area (Å²) < 4.78 is 31.9. The predicted molar refractivity (Wildman–Crippen MR) is 70.1 cm³/mol. The molecular weight excluding hydrogens is 268 g/mol. The smallest absolute Gasteiger partial charge is 0.260 e. The van der Waals surface area contributed by atoms with E-state index in [1.807, 2.05) is 13.8 Å². The Hall–Kier alpha value is -0.960. The Morgan fingerprint density at radius 2 is 2.42 bits per heavy atom. The Balaban J connectivity index is 2.21.